The van der Waals surface area contributed by atoms with Crippen LogP contribution < -0.4 is 4.72 Å². The van der Waals surface area contributed by atoms with Gasteiger partial charge in [0.05, 0.1) is 5.69 Å². The van der Waals surface area contributed by atoms with E-state index < -0.39 is 21.0 Å². The highest BCUT2D eigenvalue weighted by atomic mass is 32.2. The number of nitrogens with zero attached hydrogens (tertiary/aromatic N) is 1. The number of hydrogen-bond acceptors (Lipinski definition) is 3. The smallest absolute Gasteiger partial charge is 0.271 e. The molecular formula is C15H24N2O3S2. The van der Waals surface area contributed by atoms with Crippen molar-refractivity contribution in [2.24, 2.45) is 0 Å². The average molecular weight is 345 g/mol. The lowest BCUT2D eigenvalue weighted by Crippen LogP contribution is -2.33. The summed E-state index contributed by atoms with van der Waals surface area (Å²) in [6.45, 7) is 6.95. The van der Waals surface area contributed by atoms with Gasteiger partial charge in [0.2, 0.25) is 0 Å². The van der Waals surface area contributed by atoms with Crippen LogP contribution >= 0.6 is 0 Å². The average Bonchev–Trinajstić information content (AvgIpc) is 2.92. The molecule has 1 N–H and O–H groups in total. The molecule has 7 heteroatoms. The molecule has 0 bridgehead atoms. The van der Waals surface area contributed by atoms with Crippen LogP contribution in [-0.2, 0) is 26.8 Å². The van der Waals surface area contributed by atoms with E-state index in [2.05, 4.69) is 4.72 Å². The van der Waals surface area contributed by atoms with Crippen molar-refractivity contribution in [2.45, 2.75) is 44.1 Å². The standard InChI is InChI=1S/C15H24N2O3S2/c1-15(2,3)21(18)12-13-7-6-8-14(11-13)16-22(19,20)17-9-4-5-10-17/h6-8,11,16H,4-5,9-10,12H2,1-3H3/t21-/m1/s1. The van der Waals surface area contributed by atoms with Crippen LogP contribution in [0.25, 0.3) is 0 Å². The van der Waals surface area contributed by atoms with Gasteiger partial charge in [-0.05, 0) is 51.3 Å². The van der Waals surface area contributed by atoms with E-state index >= 15 is 0 Å². The molecule has 1 aliphatic rings. The van der Waals surface area contributed by atoms with Crippen molar-refractivity contribution in [2.75, 3.05) is 17.8 Å². The van der Waals surface area contributed by atoms with Crippen molar-refractivity contribution in [1.29, 1.82) is 0 Å². The van der Waals surface area contributed by atoms with E-state index in [1.54, 1.807) is 18.2 Å². The Balaban J connectivity index is 2.10. The zero-order valence-corrected chi connectivity index (χ0v) is 15.0. The third-order valence-electron chi connectivity index (χ3n) is 3.56. The van der Waals surface area contributed by atoms with Gasteiger partial charge in [0.1, 0.15) is 0 Å². The number of anilines is 1. The zero-order valence-electron chi connectivity index (χ0n) is 13.3. The predicted octanol–water partition coefficient (Wildman–Crippen LogP) is 2.49. The molecule has 0 aromatic heterocycles. The highest BCUT2D eigenvalue weighted by Gasteiger charge is 2.25. The molecule has 0 amide bonds. The van der Waals surface area contributed by atoms with Gasteiger partial charge in [0.25, 0.3) is 0 Å². The van der Waals surface area contributed by atoms with Gasteiger partial charge < -0.3 is 0 Å². The van der Waals surface area contributed by atoms with Gasteiger partial charge in [-0.25, -0.2) is 0 Å². The zero-order chi connectivity index (χ0) is 16.4. The molecule has 124 valence electrons. The first kappa shape index (κ1) is 17.4. The fourth-order valence-electron chi connectivity index (χ4n) is 2.23. The molecule has 0 radical (unpaired) electrons. The van der Waals surface area contributed by atoms with Gasteiger partial charge in [-0.2, -0.15) is 12.7 Å². The minimum absolute atomic E-state index is 0.287. The van der Waals surface area contributed by atoms with Crippen molar-refractivity contribution >= 4 is 26.7 Å². The molecule has 0 saturated carbocycles. The normalized spacial score (nSPS) is 18.3. The largest absolute Gasteiger partial charge is 0.301 e. The summed E-state index contributed by atoms with van der Waals surface area (Å²) in [4.78, 5) is 0. The van der Waals surface area contributed by atoms with E-state index in [1.807, 2.05) is 26.8 Å². The summed E-state index contributed by atoms with van der Waals surface area (Å²) in [5, 5.41) is 0. The second kappa shape index (κ2) is 6.68. The van der Waals surface area contributed by atoms with Crippen LogP contribution in [0.2, 0.25) is 0 Å². The molecule has 1 aromatic rings. The first-order chi connectivity index (χ1) is 10.2. The lowest BCUT2D eigenvalue weighted by molar-refractivity contribution is 0.482. The Bertz CT molecular complexity index is 645. The molecule has 1 atom stereocenters. The maximum Gasteiger partial charge on any atom is 0.301 e. The maximum absolute atomic E-state index is 12.2. The van der Waals surface area contributed by atoms with E-state index in [4.69, 9.17) is 0 Å². The van der Waals surface area contributed by atoms with Crippen molar-refractivity contribution < 1.29 is 12.6 Å². The third kappa shape index (κ3) is 4.54. The van der Waals surface area contributed by atoms with Crippen molar-refractivity contribution in [3.63, 3.8) is 0 Å². The molecule has 1 fully saturated rings. The summed E-state index contributed by atoms with van der Waals surface area (Å²) in [5.41, 5.74) is 1.39. The van der Waals surface area contributed by atoms with Gasteiger partial charge in [0, 0.05) is 34.4 Å². The Morgan fingerprint density at radius 3 is 2.45 bits per heavy atom. The fraction of sp³-hybridized carbons (Fsp3) is 0.600. The summed E-state index contributed by atoms with van der Waals surface area (Å²) in [5.74, 6) is 0.419. The number of benzene rings is 1. The van der Waals surface area contributed by atoms with Crippen LogP contribution in [0.5, 0.6) is 0 Å². The summed E-state index contributed by atoms with van der Waals surface area (Å²) in [6.07, 6.45) is 1.82. The molecule has 2 rings (SSSR count). The molecule has 0 spiro atoms. The molecule has 0 aliphatic carbocycles. The lowest BCUT2D eigenvalue weighted by atomic mass is 10.2. The lowest BCUT2D eigenvalue weighted by Gasteiger charge is -2.19. The Morgan fingerprint density at radius 2 is 1.86 bits per heavy atom. The first-order valence-corrected chi connectivity index (χ1v) is 10.2. The highest BCUT2D eigenvalue weighted by molar-refractivity contribution is 7.90. The first-order valence-electron chi connectivity index (χ1n) is 7.44. The van der Waals surface area contributed by atoms with Crippen molar-refractivity contribution in [3.8, 4) is 0 Å². The molecule has 1 aliphatic heterocycles. The van der Waals surface area contributed by atoms with Crippen molar-refractivity contribution in [3.05, 3.63) is 29.8 Å². The number of hydrogen-bond donors (Lipinski definition) is 1. The molecule has 1 saturated heterocycles. The van der Waals surface area contributed by atoms with Crippen LogP contribution in [0.3, 0.4) is 0 Å². The van der Waals surface area contributed by atoms with E-state index in [1.165, 1.54) is 4.31 Å². The molecule has 0 unspecified atom stereocenters. The Morgan fingerprint density at radius 1 is 1.23 bits per heavy atom. The van der Waals surface area contributed by atoms with Crippen LogP contribution in [0, 0.1) is 0 Å². The van der Waals surface area contributed by atoms with Gasteiger partial charge in [0.15, 0.2) is 0 Å². The van der Waals surface area contributed by atoms with Gasteiger partial charge in [-0.15, -0.1) is 0 Å². The minimum atomic E-state index is -3.48. The van der Waals surface area contributed by atoms with Gasteiger partial charge in [-0.3, -0.25) is 8.93 Å². The quantitative estimate of drug-likeness (QED) is 0.892. The Labute approximate surface area is 135 Å². The van der Waals surface area contributed by atoms with E-state index in [9.17, 15) is 12.6 Å². The summed E-state index contributed by atoms with van der Waals surface area (Å²) in [7, 11) is -4.49. The monoisotopic (exact) mass is 344 g/mol. The summed E-state index contributed by atoms with van der Waals surface area (Å²) >= 11 is 0. The Hall–Kier alpha value is -0.920. The summed E-state index contributed by atoms with van der Waals surface area (Å²) < 4.78 is 40.5. The maximum atomic E-state index is 12.2. The molecule has 1 aromatic carbocycles. The summed E-state index contributed by atoms with van der Waals surface area (Å²) in [6, 6.07) is 7.14. The van der Waals surface area contributed by atoms with Crippen LogP contribution in [0.15, 0.2) is 24.3 Å². The number of nitrogens with one attached hydrogen (secondary N) is 1. The molecule has 5 nitrogen and oxygen atoms in total. The molecule has 22 heavy (non-hydrogen) atoms. The predicted molar refractivity (Wildman–Crippen MR) is 91.4 cm³/mol. The van der Waals surface area contributed by atoms with Gasteiger partial charge in [-0.1, -0.05) is 12.1 Å². The fourth-order valence-corrected chi connectivity index (χ4v) is 4.44. The molecular weight excluding hydrogens is 320 g/mol. The minimum Gasteiger partial charge on any atom is -0.271 e. The second-order valence-corrected chi connectivity index (χ2v) is 10.4. The van der Waals surface area contributed by atoms with Crippen molar-refractivity contribution in [1.82, 2.24) is 4.31 Å². The van der Waals surface area contributed by atoms with E-state index in [-0.39, 0.29) is 4.75 Å². The van der Waals surface area contributed by atoms with Crippen LogP contribution in [0.1, 0.15) is 39.2 Å². The molecule has 1 heterocycles. The van der Waals surface area contributed by atoms with Crippen LogP contribution in [0.4, 0.5) is 5.69 Å². The Kier molecular flexibility index (Phi) is 5.29. The van der Waals surface area contributed by atoms with Gasteiger partial charge >= 0.3 is 10.2 Å². The van der Waals surface area contributed by atoms with E-state index in [0.717, 1.165) is 18.4 Å². The highest BCUT2D eigenvalue weighted by Crippen LogP contribution is 2.21. The topological polar surface area (TPSA) is 66.5 Å². The second-order valence-electron chi connectivity index (χ2n) is 6.52. The van der Waals surface area contributed by atoms with Crippen LogP contribution in [-0.4, -0.2) is 34.8 Å². The SMILES string of the molecule is CC(C)(C)[S@](=O)Cc1cccc(NS(=O)(=O)N2CCCC2)c1. The van der Waals surface area contributed by atoms with E-state index in [0.29, 0.717) is 24.5 Å². The third-order valence-corrected chi connectivity index (χ3v) is 7.06. The number of rotatable bonds is 5.